The molecule has 1 fully saturated rings. The number of aliphatic hydroxyl groups is 4. The van der Waals surface area contributed by atoms with Crippen LogP contribution in [-0.2, 0) is 14.4 Å². The highest BCUT2D eigenvalue weighted by Crippen LogP contribution is 2.24. The zero-order chi connectivity index (χ0) is 12.5. The van der Waals surface area contributed by atoms with Gasteiger partial charge in [0.25, 0.3) is 0 Å². The van der Waals surface area contributed by atoms with Crippen LogP contribution in [0.5, 0.6) is 0 Å². The highest BCUT2D eigenvalue weighted by Gasteiger charge is 2.49. The lowest BCUT2D eigenvalue weighted by Crippen LogP contribution is -2.47. The van der Waals surface area contributed by atoms with E-state index in [1.807, 2.05) is 0 Å². The molecule has 9 nitrogen and oxygen atoms in total. The summed E-state index contributed by atoms with van der Waals surface area (Å²) in [5, 5.41) is 45.5. The standard InChI is InChI=1S/C7H13NO8/c8-16-7-4(12)2(10)5(15-7)1(9)3(11)6(13)14/h1-5,7,9-12H,8H2,(H,13,14)/t1-,2+,3?,4-,5+,7+/m0/s1. The van der Waals surface area contributed by atoms with Crippen LogP contribution in [0.25, 0.3) is 0 Å². The molecule has 7 N–H and O–H groups in total. The number of carboxylic acid groups (broad SMARTS) is 1. The Hall–Kier alpha value is -0.810. The van der Waals surface area contributed by atoms with E-state index < -0.39 is 42.8 Å². The monoisotopic (exact) mass is 239 g/mol. The molecule has 1 unspecified atom stereocenters. The SMILES string of the molecule is NO[C@H]1O[C@H]([C@@H](O)C(O)C(=O)O)[C@H](O)[C@@H]1O. The van der Waals surface area contributed by atoms with Crippen molar-refractivity contribution in [3.63, 3.8) is 0 Å². The quantitative estimate of drug-likeness (QED) is 0.269. The van der Waals surface area contributed by atoms with E-state index in [1.54, 1.807) is 0 Å². The molecule has 9 heteroatoms. The van der Waals surface area contributed by atoms with E-state index in [9.17, 15) is 20.1 Å². The highest BCUT2D eigenvalue weighted by molar-refractivity contribution is 5.72. The van der Waals surface area contributed by atoms with E-state index in [0.717, 1.165) is 0 Å². The minimum Gasteiger partial charge on any atom is -0.479 e. The lowest BCUT2D eigenvalue weighted by Gasteiger charge is -2.22. The summed E-state index contributed by atoms with van der Waals surface area (Å²) < 4.78 is 4.75. The molecule has 0 aromatic heterocycles. The van der Waals surface area contributed by atoms with Crippen LogP contribution in [0.1, 0.15) is 0 Å². The zero-order valence-electron chi connectivity index (χ0n) is 8.00. The maximum atomic E-state index is 10.4. The molecule has 0 radical (unpaired) electrons. The first-order valence-electron chi connectivity index (χ1n) is 4.36. The number of rotatable bonds is 4. The van der Waals surface area contributed by atoms with Crippen molar-refractivity contribution in [1.82, 2.24) is 0 Å². The lowest BCUT2D eigenvalue weighted by atomic mass is 10.0. The zero-order valence-corrected chi connectivity index (χ0v) is 8.00. The number of hydrogen-bond donors (Lipinski definition) is 6. The minimum absolute atomic E-state index is 1.39. The van der Waals surface area contributed by atoms with Gasteiger partial charge in [0.15, 0.2) is 6.10 Å². The third-order valence-electron chi connectivity index (χ3n) is 2.30. The van der Waals surface area contributed by atoms with Crippen LogP contribution in [0.4, 0.5) is 0 Å². The third kappa shape index (κ3) is 2.30. The summed E-state index contributed by atoms with van der Waals surface area (Å²) in [5.41, 5.74) is 0. The summed E-state index contributed by atoms with van der Waals surface area (Å²) in [7, 11) is 0. The molecule has 1 aliphatic heterocycles. The average Bonchev–Trinajstić information content (AvgIpc) is 2.54. The molecule has 0 aromatic carbocycles. The molecule has 1 rings (SSSR count). The van der Waals surface area contributed by atoms with Crippen LogP contribution < -0.4 is 5.90 Å². The van der Waals surface area contributed by atoms with Gasteiger partial charge >= 0.3 is 5.97 Å². The van der Waals surface area contributed by atoms with Gasteiger partial charge in [0.1, 0.15) is 24.4 Å². The number of aliphatic carboxylic acids is 1. The van der Waals surface area contributed by atoms with Crippen molar-refractivity contribution < 1.29 is 39.9 Å². The Balaban J connectivity index is 2.71. The molecule has 94 valence electrons. The van der Waals surface area contributed by atoms with Gasteiger partial charge < -0.3 is 30.3 Å². The molecule has 16 heavy (non-hydrogen) atoms. The number of nitrogens with two attached hydrogens (primary N) is 1. The molecule has 1 heterocycles. The maximum Gasteiger partial charge on any atom is 0.335 e. The van der Waals surface area contributed by atoms with Gasteiger partial charge in [0, 0.05) is 0 Å². The largest absolute Gasteiger partial charge is 0.479 e. The molecule has 1 aliphatic rings. The van der Waals surface area contributed by atoms with E-state index in [2.05, 4.69) is 4.84 Å². The van der Waals surface area contributed by atoms with Crippen LogP contribution in [0, 0.1) is 0 Å². The second kappa shape index (κ2) is 5.01. The molecule has 6 atom stereocenters. The van der Waals surface area contributed by atoms with Gasteiger partial charge in [0.2, 0.25) is 6.29 Å². The van der Waals surface area contributed by atoms with Crippen molar-refractivity contribution in [2.45, 2.75) is 36.8 Å². The molecular weight excluding hydrogens is 226 g/mol. The molecule has 0 amide bonds. The first-order chi connectivity index (χ1) is 7.40. The summed E-state index contributed by atoms with van der Waals surface area (Å²) >= 11 is 0. The van der Waals surface area contributed by atoms with Gasteiger partial charge in [-0.3, -0.25) is 4.84 Å². The molecule has 0 aromatic rings. The molecule has 1 saturated heterocycles. The summed E-state index contributed by atoms with van der Waals surface area (Å²) in [6, 6.07) is 0. The van der Waals surface area contributed by atoms with Crippen molar-refractivity contribution in [2.75, 3.05) is 0 Å². The van der Waals surface area contributed by atoms with Gasteiger partial charge in [-0.15, -0.1) is 0 Å². The Morgan fingerprint density at radius 2 is 1.88 bits per heavy atom. The fraction of sp³-hybridized carbons (Fsp3) is 0.857. The van der Waals surface area contributed by atoms with Crippen LogP contribution >= 0.6 is 0 Å². The Kier molecular flexibility index (Phi) is 4.15. The topological polar surface area (TPSA) is 163 Å². The first kappa shape index (κ1) is 13.3. The van der Waals surface area contributed by atoms with Gasteiger partial charge in [-0.05, 0) is 0 Å². The van der Waals surface area contributed by atoms with Crippen LogP contribution in [0.3, 0.4) is 0 Å². The predicted octanol–water partition coefficient (Wildman–Crippen LogP) is -3.87. The van der Waals surface area contributed by atoms with Crippen molar-refractivity contribution in [1.29, 1.82) is 0 Å². The number of aliphatic hydroxyl groups excluding tert-OH is 4. The van der Waals surface area contributed by atoms with Crippen LogP contribution in [0.15, 0.2) is 0 Å². The lowest BCUT2D eigenvalue weighted by molar-refractivity contribution is -0.193. The molecule has 0 saturated carbocycles. The number of ether oxygens (including phenoxy) is 1. The summed E-state index contributed by atoms with van der Waals surface area (Å²) in [6.07, 6.45) is -10.1. The van der Waals surface area contributed by atoms with Crippen molar-refractivity contribution in [3.8, 4) is 0 Å². The van der Waals surface area contributed by atoms with E-state index in [-0.39, 0.29) is 0 Å². The maximum absolute atomic E-state index is 10.4. The second-order valence-electron chi connectivity index (χ2n) is 3.36. The Bertz CT molecular complexity index is 261. The first-order valence-corrected chi connectivity index (χ1v) is 4.36. The molecule has 0 bridgehead atoms. The van der Waals surface area contributed by atoms with Gasteiger partial charge in [-0.2, -0.15) is 0 Å². The van der Waals surface area contributed by atoms with Crippen LogP contribution in [0.2, 0.25) is 0 Å². The van der Waals surface area contributed by atoms with Gasteiger partial charge in [-0.1, -0.05) is 0 Å². The van der Waals surface area contributed by atoms with Crippen molar-refractivity contribution >= 4 is 5.97 Å². The normalized spacial score (nSPS) is 38.3. The number of carbonyl (C=O) groups is 1. The van der Waals surface area contributed by atoms with Gasteiger partial charge in [-0.25, -0.2) is 10.7 Å². The Morgan fingerprint density at radius 3 is 2.25 bits per heavy atom. The number of carboxylic acids is 1. The van der Waals surface area contributed by atoms with E-state index in [0.29, 0.717) is 0 Å². The fourth-order valence-electron chi connectivity index (χ4n) is 1.39. The fourth-order valence-corrected chi connectivity index (χ4v) is 1.39. The smallest absolute Gasteiger partial charge is 0.335 e. The Morgan fingerprint density at radius 1 is 1.31 bits per heavy atom. The Labute approximate surface area is 89.6 Å². The highest BCUT2D eigenvalue weighted by atomic mass is 16.8. The number of hydrogen-bond acceptors (Lipinski definition) is 8. The van der Waals surface area contributed by atoms with E-state index in [4.69, 9.17) is 20.8 Å². The van der Waals surface area contributed by atoms with Gasteiger partial charge in [0.05, 0.1) is 0 Å². The average molecular weight is 239 g/mol. The summed E-state index contributed by atoms with van der Waals surface area (Å²) in [6.45, 7) is 0. The summed E-state index contributed by atoms with van der Waals surface area (Å²) in [4.78, 5) is 14.5. The molecule has 0 spiro atoms. The summed E-state index contributed by atoms with van der Waals surface area (Å²) in [5.74, 6) is 3.04. The van der Waals surface area contributed by atoms with Crippen LogP contribution in [-0.4, -0.2) is 68.3 Å². The van der Waals surface area contributed by atoms with Crippen molar-refractivity contribution in [2.24, 2.45) is 5.90 Å². The minimum atomic E-state index is -2.15. The van der Waals surface area contributed by atoms with E-state index >= 15 is 0 Å². The third-order valence-corrected chi connectivity index (χ3v) is 2.30. The molecule has 0 aliphatic carbocycles. The predicted molar refractivity (Wildman–Crippen MR) is 45.6 cm³/mol. The van der Waals surface area contributed by atoms with E-state index in [1.165, 1.54) is 0 Å². The van der Waals surface area contributed by atoms with Crippen molar-refractivity contribution in [3.05, 3.63) is 0 Å². The second-order valence-corrected chi connectivity index (χ2v) is 3.36. The molecular formula is C7H13NO8.